The van der Waals surface area contributed by atoms with Crippen LogP contribution in [0.2, 0.25) is 0 Å². The van der Waals surface area contributed by atoms with E-state index in [1.165, 1.54) is 0 Å². The van der Waals surface area contributed by atoms with Crippen LogP contribution in [0.4, 0.5) is 5.82 Å². The summed E-state index contributed by atoms with van der Waals surface area (Å²) in [6.45, 7) is 0. The molecule has 0 atom stereocenters. The molecule has 2 rings (SSSR count). The Morgan fingerprint density at radius 3 is 2.29 bits per heavy atom. The smallest absolute Gasteiger partial charge is 0.163 e. The van der Waals surface area contributed by atoms with E-state index in [1.807, 2.05) is 0 Å². The molecule has 2 N–H and O–H groups in total. The number of rotatable bonds is 4. The van der Waals surface area contributed by atoms with E-state index < -0.39 is 0 Å². The lowest BCUT2D eigenvalue weighted by molar-refractivity contribution is 0.355. The van der Waals surface area contributed by atoms with E-state index in [1.54, 1.807) is 39.6 Å². The van der Waals surface area contributed by atoms with Gasteiger partial charge in [0.1, 0.15) is 0 Å². The summed E-state index contributed by atoms with van der Waals surface area (Å²) in [6.07, 6.45) is 1.64. The van der Waals surface area contributed by atoms with E-state index >= 15 is 0 Å². The van der Waals surface area contributed by atoms with Crippen LogP contribution in [0, 0.1) is 0 Å². The molecule has 0 saturated heterocycles. The normalized spacial score (nSPS) is 10.3. The number of nitrogens with one attached hydrogen (secondary N) is 2. The molecular weight excluding hydrogens is 220 g/mol. The number of methoxy groups -OCH3 is 2. The molecule has 1 heterocycles. The summed E-state index contributed by atoms with van der Waals surface area (Å²) < 4.78 is 10.4. The van der Waals surface area contributed by atoms with Gasteiger partial charge in [0.2, 0.25) is 0 Å². The first kappa shape index (κ1) is 11.4. The van der Waals surface area contributed by atoms with Crippen molar-refractivity contribution in [3.05, 3.63) is 18.3 Å². The number of hydrogen-bond donors (Lipinski definition) is 2. The van der Waals surface area contributed by atoms with Crippen LogP contribution in [-0.2, 0) is 0 Å². The standard InChI is InChI=1S/C11H14N4O2/c1-12-15-11-6-13-7-4-9(16-2)10(17-3)5-8(7)14-11/h4-6,12H,1-3H3,(H,14,15). The summed E-state index contributed by atoms with van der Waals surface area (Å²) >= 11 is 0. The number of anilines is 1. The highest BCUT2D eigenvalue weighted by Crippen LogP contribution is 2.30. The average molecular weight is 234 g/mol. The second kappa shape index (κ2) is 4.84. The van der Waals surface area contributed by atoms with E-state index in [0.717, 1.165) is 11.0 Å². The second-order valence-electron chi connectivity index (χ2n) is 3.33. The third kappa shape index (κ3) is 2.21. The Labute approximate surface area is 98.9 Å². The van der Waals surface area contributed by atoms with Crippen molar-refractivity contribution < 1.29 is 9.47 Å². The Morgan fingerprint density at radius 1 is 1.06 bits per heavy atom. The fourth-order valence-corrected chi connectivity index (χ4v) is 1.53. The van der Waals surface area contributed by atoms with Crippen molar-refractivity contribution in [3.8, 4) is 11.5 Å². The molecule has 0 radical (unpaired) electrons. The van der Waals surface area contributed by atoms with Gasteiger partial charge in [-0.15, -0.1) is 0 Å². The number of ether oxygens (including phenoxy) is 2. The van der Waals surface area contributed by atoms with Crippen molar-refractivity contribution in [2.45, 2.75) is 0 Å². The predicted octanol–water partition coefficient (Wildman–Crippen LogP) is 1.19. The lowest BCUT2D eigenvalue weighted by Gasteiger charge is -2.09. The fraction of sp³-hybridized carbons (Fsp3) is 0.273. The molecule has 17 heavy (non-hydrogen) atoms. The number of benzene rings is 1. The summed E-state index contributed by atoms with van der Waals surface area (Å²) in [4.78, 5) is 8.66. The highest BCUT2D eigenvalue weighted by atomic mass is 16.5. The summed E-state index contributed by atoms with van der Waals surface area (Å²) in [5.74, 6) is 1.92. The Morgan fingerprint density at radius 2 is 1.71 bits per heavy atom. The molecule has 0 bridgehead atoms. The first-order valence-corrected chi connectivity index (χ1v) is 5.10. The maximum atomic E-state index is 5.22. The van der Waals surface area contributed by atoms with Gasteiger partial charge in [-0.1, -0.05) is 0 Å². The van der Waals surface area contributed by atoms with Gasteiger partial charge in [-0.05, 0) is 0 Å². The van der Waals surface area contributed by atoms with E-state index in [-0.39, 0.29) is 0 Å². The number of fused-ring (bicyclic) bond motifs is 1. The molecule has 2 aromatic rings. The van der Waals surface area contributed by atoms with Crippen molar-refractivity contribution in [1.82, 2.24) is 15.4 Å². The third-order valence-electron chi connectivity index (χ3n) is 2.30. The zero-order valence-electron chi connectivity index (χ0n) is 9.94. The zero-order valence-corrected chi connectivity index (χ0v) is 9.94. The number of hydrogen-bond acceptors (Lipinski definition) is 6. The highest BCUT2D eigenvalue weighted by Gasteiger charge is 2.08. The van der Waals surface area contributed by atoms with Crippen LogP contribution < -0.4 is 20.3 Å². The van der Waals surface area contributed by atoms with Gasteiger partial charge in [-0.25, -0.2) is 10.4 Å². The molecule has 0 saturated carbocycles. The Bertz CT molecular complexity index is 530. The van der Waals surface area contributed by atoms with Crippen molar-refractivity contribution in [2.24, 2.45) is 0 Å². The van der Waals surface area contributed by atoms with Crippen molar-refractivity contribution in [3.63, 3.8) is 0 Å². The highest BCUT2D eigenvalue weighted by molar-refractivity contribution is 5.80. The van der Waals surface area contributed by atoms with Gasteiger partial charge in [0.25, 0.3) is 0 Å². The van der Waals surface area contributed by atoms with Crippen LogP contribution >= 0.6 is 0 Å². The van der Waals surface area contributed by atoms with Crippen LogP contribution in [0.25, 0.3) is 11.0 Å². The maximum Gasteiger partial charge on any atom is 0.163 e. The van der Waals surface area contributed by atoms with Gasteiger partial charge >= 0.3 is 0 Å². The topological polar surface area (TPSA) is 68.3 Å². The summed E-state index contributed by atoms with van der Waals surface area (Å²) in [5, 5.41) is 0. The van der Waals surface area contributed by atoms with Crippen LogP contribution in [0.3, 0.4) is 0 Å². The quantitative estimate of drug-likeness (QED) is 0.775. The minimum absolute atomic E-state index is 0.635. The monoisotopic (exact) mass is 234 g/mol. The summed E-state index contributed by atoms with van der Waals surface area (Å²) in [5.41, 5.74) is 7.15. The first-order valence-electron chi connectivity index (χ1n) is 5.10. The van der Waals surface area contributed by atoms with Crippen molar-refractivity contribution in [2.75, 3.05) is 26.7 Å². The summed E-state index contributed by atoms with van der Waals surface area (Å²) in [7, 11) is 4.95. The van der Waals surface area contributed by atoms with Gasteiger partial charge in [0.05, 0.1) is 31.4 Å². The molecular formula is C11H14N4O2. The van der Waals surface area contributed by atoms with Crippen molar-refractivity contribution >= 4 is 16.9 Å². The summed E-state index contributed by atoms with van der Waals surface area (Å²) in [6, 6.07) is 3.59. The van der Waals surface area contributed by atoms with Crippen LogP contribution in [0.15, 0.2) is 18.3 Å². The first-order chi connectivity index (χ1) is 8.28. The minimum atomic E-state index is 0.635. The van der Waals surface area contributed by atoms with Crippen LogP contribution in [0.1, 0.15) is 0 Å². The number of aromatic nitrogens is 2. The lowest BCUT2D eigenvalue weighted by atomic mass is 10.2. The fourth-order valence-electron chi connectivity index (χ4n) is 1.53. The Kier molecular flexibility index (Phi) is 3.24. The Balaban J connectivity index is 2.54. The maximum absolute atomic E-state index is 5.22. The zero-order chi connectivity index (χ0) is 12.3. The SMILES string of the molecule is CNNc1cnc2cc(OC)c(OC)cc2n1. The molecule has 0 aliphatic carbocycles. The molecule has 0 fully saturated rings. The average Bonchev–Trinajstić information content (AvgIpc) is 2.37. The van der Waals surface area contributed by atoms with E-state index in [2.05, 4.69) is 20.8 Å². The second-order valence-corrected chi connectivity index (χ2v) is 3.33. The van der Waals surface area contributed by atoms with E-state index in [0.29, 0.717) is 17.3 Å². The number of nitrogens with zero attached hydrogens (tertiary/aromatic N) is 2. The van der Waals surface area contributed by atoms with Gasteiger partial charge in [0, 0.05) is 19.2 Å². The third-order valence-corrected chi connectivity index (χ3v) is 2.30. The molecule has 0 aliphatic heterocycles. The molecule has 0 amide bonds. The Hall–Kier alpha value is -2.08. The largest absolute Gasteiger partial charge is 0.493 e. The van der Waals surface area contributed by atoms with Crippen molar-refractivity contribution in [1.29, 1.82) is 0 Å². The predicted molar refractivity (Wildman–Crippen MR) is 65.3 cm³/mol. The van der Waals surface area contributed by atoms with Crippen LogP contribution in [-0.4, -0.2) is 31.2 Å². The van der Waals surface area contributed by atoms with Gasteiger partial charge in [-0.3, -0.25) is 4.98 Å². The molecule has 0 spiro atoms. The molecule has 0 unspecified atom stereocenters. The van der Waals surface area contributed by atoms with Gasteiger partial charge in [0.15, 0.2) is 17.3 Å². The molecule has 1 aromatic heterocycles. The number of hydrazine groups is 1. The minimum Gasteiger partial charge on any atom is -0.493 e. The van der Waals surface area contributed by atoms with E-state index in [9.17, 15) is 0 Å². The molecule has 90 valence electrons. The molecule has 6 heteroatoms. The van der Waals surface area contributed by atoms with Crippen LogP contribution in [0.5, 0.6) is 11.5 Å². The molecule has 6 nitrogen and oxygen atoms in total. The lowest BCUT2D eigenvalue weighted by Crippen LogP contribution is -2.16. The molecule has 1 aromatic carbocycles. The van der Waals surface area contributed by atoms with E-state index in [4.69, 9.17) is 9.47 Å². The molecule has 0 aliphatic rings. The van der Waals surface area contributed by atoms with Gasteiger partial charge < -0.3 is 14.9 Å². The van der Waals surface area contributed by atoms with Gasteiger partial charge in [-0.2, -0.15) is 0 Å².